The summed E-state index contributed by atoms with van der Waals surface area (Å²) in [5, 5.41) is 2.89. The molecule has 152 valence electrons. The minimum atomic E-state index is -0.362. The number of amides is 2. The van der Waals surface area contributed by atoms with Crippen LogP contribution in [0.25, 0.3) is 11.1 Å². The molecular weight excluding hydrogens is 381 g/mol. The number of benzene rings is 2. The van der Waals surface area contributed by atoms with E-state index in [0.717, 1.165) is 11.1 Å². The second-order valence-electron chi connectivity index (χ2n) is 7.33. The fraction of sp³-hybridized carbons (Fsp3) is 0.208. The van der Waals surface area contributed by atoms with Crippen LogP contribution in [0.2, 0.25) is 0 Å². The number of halogens is 1. The van der Waals surface area contributed by atoms with E-state index in [1.54, 1.807) is 47.5 Å². The molecule has 1 aromatic heterocycles. The molecule has 5 nitrogen and oxygen atoms in total. The third-order valence-corrected chi connectivity index (χ3v) is 5.28. The van der Waals surface area contributed by atoms with Crippen molar-refractivity contribution in [2.75, 3.05) is 19.6 Å². The molecule has 0 bridgehead atoms. The maximum absolute atomic E-state index is 14.0. The molecule has 1 fully saturated rings. The van der Waals surface area contributed by atoms with Crippen LogP contribution < -0.4 is 5.32 Å². The van der Waals surface area contributed by atoms with Gasteiger partial charge in [0.15, 0.2) is 0 Å². The van der Waals surface area contributed by atoms with Gasteiger partial charge in [0.2, 0.25) is 5.91 Å². The Morgan fingerprint density at radius 1 is 1.07 bits per heavy atom. The van der Waals surface area contributed by atoms with Gasteiger partial charge in [0.1, 0.15) is 11.5 Å². The topological polar surface area (TPSA) is 62.3 Å². The van der Waals surface area contributed by atoms with Gasteiger partial charge in [0, 0.05) is 31.4 Å². The lowest BCUT2D eigenvalue weighted by Gasteiger charge is -2.23. The molecule has 0 unspecified atom stereocenters. The summed E-state index contributed by atoms with van der Waals surface area (Å²) in [7, 11) is 0. The van der Waals surface area contributed by atoms with E-state index in [2.05, 4.69) is 10.3 Å². The number of carbonyl (C=O) groups excluding carboxylic acids is 2. The Morgan fingerprint density at radius 2 is 1.83 bits per heavy atom. The molecule has 30 heavy (non-hydrogen) atoms. The van der Waals surface area contributed by atoms with Gasteiger partial charge >= 0.3 is 0 Å². The first-order valence-corrected chi connectivity index (χ1v) is 9.93. The van der Waals surface area contributed by atoms with Crippen LogP contribution in [0, 0.1) is 11.7 Å². The fourth-order valence-corrected chi connectivity index (χ4v) is 3.69. The smallest absolute Gasteiger partial charge is 0.272 e. The summed E-state index contributed by atoms with van der Waals surface area (Å²) in [6, 6.07) is 19.4. The summed E-state index contributed by atoms with van der Waals surface area (Å²) in [6.07, 6.45) is 2.08. The monoisotopic (exact) mass is 403 g/mol. The molecule has 3 aromatic rings. The zero-order valence-corrected chi connectivity index (χ0v) is 16.4. The van der Waals surface area contributed by atoms with Gasteiger partial charge in [-0.25, -0.2) is 4.39 Å². The molecule has 0 radical (unpaired) electrons. The van der Waals surface area contributed by atoms with E-state index in [1.807, 2.05) is 24.3 Å². The summed E-state index contributed by atoms with van der Waals surface area (Å²) in [6.45, 7) is 1.19. The number of rotatable bonds is 4. The van der Waals surface area contributed by atoms with Crippen LogP contribution >= 0.6 is 0 Å². The SMILES string of the molecule is O=C1NCCN(C(=O)c2ccccn2)C[C@@H]1Cc1ccc(-c2ccccc2F)cc1. The van der Waals surface area contributed by atoms with Crippen molar-refractivity contribution in [3.8, 4) is 11.1 Å². The predicted molar refractivity (Wildman–Crippen MR) is 112 cm³/mol. The summed E-state index contributed by atoms with van der Waals surface area (Å²) < 4.78 is 14.0. The standard InChI is InChI=1S/C24H22FN3O2/c25-21-6-2-1-5-20(21)18-10-8-17(9-11-18)15-19-16-28(14-13-27-23(19)29)24(30)22-7-3-4-12-26-22/h1-12,19H,13-16H2,(H,27,29)/t19-/m0/s1. The zero-order valence-electron chi connectivity index (χ0n) is 16.4. The third kappa shape index (κ3) is 4.38. The van der Waals surface area contributed by atoms with Gasteiger partial charge in [-0.05, 0) is 35.7 Å². The summed E-state index contributed by atoms with van der Waals surface area (Å²) in [5.74, 6) is -0.868. The van der Waals surface area contributed by atoms with Crippen molar-refractivity contribution in [3.63, 3.8) is 0 Å². The second-order valence-corrected chi connectivity index (χ2v) is 7.33. The van der Waals surface area contributed by atoms with Crippen LogP contribution in [-0.2, 0) is 11.2 Å². The Kier molecular flexibility index (Phi) is 5.84. The van der Waals surface area contributed by atoms with Crippen LogP contribution in [0.3, 0.4) is 0 Å². The predicted octanol–water partition coefficient (Wildman–Crippen LogP) is 3.32. The van der Waals surface area contributed by atoms with E-state index >= 15 is 0 Å². The van der Waals surface area contributed by atoms with Crippen molar-refractivity contribution >= 4 is 11.8 Å². The van der Waals surface area contributed by atoms with Crippen molar-refractivity contribution in [1.29, 1.82) is 0 Å². The Morgan fingerprint density at radius 3 is 2.57 bits per heavy atom. The third-order valence-electron chi connectivity index (χ3n) is 5.28. The van der Waals surface area contributed by atoms with Crippen molar-refractivity contribution in [2.45, 2.75) is 6.42 Å². The molecule has 0 aliphatic carbocycles. The maximum Gasteiger partial charge on any atom is 0.272 e. The summed E-state index contributed by atoms with van der Waals surface area (Å²) in [5.41, 5.74) is 2.67. The molecule has 1 aliphatic rings. The highest BCUT2D eigenvalue weighted by Crippen LogP contribution is 2.24. The lowest BCUT2D eigenvalue weighted by atomic mass is 9.96. The molecule has 2 aromatic carbocycles. The molecule has 1 aliphatic heterocycles. The fourth-order valence-electron chi connectivity index (χ4n) is 3.69. The van der Waals surface area contributed by atoms with Crippen molar-refractivity contribution in [1.82, 2.24) is 15.2 Å². The highest BCUT2D eigenvalue weighted by molar-refractivity contribution is 5.93. The number of pyridine rings is 1. The van der Waals surface area contributed by atoms with Gasteiger partial charge in [-0.2, -0.15) is 0 Å². The van der Waals surface area contributed by atoms with Gasteiger partial charge in [-0.1, -0.05) is 48.5 Å². The minimum Gasteiger partial charge on any atom is -0.354 e. The van der Waals surface area contributed by atoms with Crippen LogP contribution in [0.4, 0.5) is 4.39 Å². The number of nitrogens with zero attached hydrogens (tertiary/aromatic N) is 2. The highest BCUT2D eigenvalue weighted by atomic mass is 19.1. The van der Waals surface area contributed by atoms with Crippen LogP contribution in [0.1, 0.15) is 16.1 Å². The van der Waals surface area contributed by atoms with Crippen molar-refractivity contribution in [2.24, 2.45) is 5.92 Å². The highest BCUT2D eigenvalue weighted by Gasteiger charge is 2.28. The maximum atomic E-state index is 14.0. The van der Waals surface area contributed by atoms with E-state index in [0.29, 0.717) is 37.3 Å². The first-order valence-electron chi connectivity index (χ1n) is 9.93. The summed E-state index contributed by atoms with van der Waals surface area (Å²) >= 11 is 0. The minimum absolute atomic E-state index is 0.0653. The first kappa shape index (κ1) is 19.8. The molecule has 2 heterocycles. The largest absolute Gasteiger partial charge is 0.354 e. The van der Waals surface area contributed by atoms with E-state index in [9.17, 15) is 14.0 Å². The van der Waals surface area contributed by atoms with Gasteiger partial charge in [0.25, 0.3) is 5.91 Å². The lowest BCUT2D eigenvalue weighted by Crippen LogP contribution is -2.37. The number of carbonyl (C=O) groups is 2. The molecule has 0 saturated carbocycles. The average molecular weight is 403 g/mol. The molecule has 0 spiro atoms. The number of hydrogen-bond acceptors (Lipinski definition) is 3. The number of hydrogen-bond donors (Lipinski definition) is 1. The normalized spacial score (nSPS) is 16.6. The van der Waals surface area contributed by atoms with E-state index in [-0.39, 0.29) is 23.5 Å². The van der Waals surface area contributed by atoms with Crippen LogP contribution in [0.15, 0.2) is 72.9 Å². The number of aromatic nitrogens is 1. The zero-order chi connectivity index (χ0) is 20.9. The quantitative estimate of drug-likeness (QED) is 0.727. The Labute approximate surface area is 174 Å². The Hall–Kier alpha value is -3.54. The van der Waals surface area contributed by atoms with E-state index < -0.39 is 0 Å². The molecule has 4 rings (SSSR count). The van der Waals surface area contributed by atoms with Gasteiger partial charge in [-0.3, -0.25) is 14.6 Å². The van der Waals surface area contributed by atoms with Crippen molar-refractivity contribution < 1.29 is 14.0 Å². The Balaban J connectivity index is 1.49. The van der Waals surface area contributed by atoms with Gasteiger partial charge in [-0.15, -0.1) is 0 Å². The molecule has 1 atom stereocenters. The van der Waals surface area contributed by atoms with E-state index in [4.69, 9.17) is 0 Å². The van der Waals surface area contributed by atoms with Crippen LogP contribution in [0.5, 0.6) is 0 Å². The Bertz CT molecular complexity index is 1040. The molecule has 1 saturated heterocycles. The molecule has 6 heteroatoms. The molecule has 2 amide bonds. The van der Waals surface area contributed by atoms with E-state index in [1.165, 1.54) is 6.07 Å². The van der Waals surface area contributed by atoms with Gasteiger partial charge in [0.05, 0.1) is 5.92 Å². The second kappa shape index (κ2) is 8.86. The molecule has 1 N–H and O–H groups in total. The van der Waals surface area contributed by atoms with Crippen LogP contribution in [-0.4, -0.2) is 41.3 Å². The first-order chi connectivity index (χ1) is 14.6. The molecular formula is C24H22FN3O2. The lowest BCUT2D eigenvalue weighted by molar-refractivity contribution is -0.124. The average Bonchev–Trinajstić information content (AvgIpc) is 2.96. The van der Waals surface area contributed by atoms with Crippen molar-refractivity contribution in [3.05, 3.63) is 90.0 Å². The summed E-state index contributed by atoms with van der Waals surface area (Å²) in [4.78, 5) is 31.1. The number of nitrogens with one attached hydrogen (secondary N) is 1. The van der Waals surface area contributed by atoms with Gasteiger partial charge < -0.3 is 10.2 Å².